The first kappa shape index (κ1) is 50.3. The van der Waals surface area contributed by atoms with Crippen LogP contribution in [-0.4, -0.2) is 46.2 Å². The number of rotatable bonds is 0. The van der Waals surface area contributed by atoms with E-state index in [4.69, 9.17) is 9.15 Å². The van der Waals surface area contributed by atoms with E-state index in [0.29, 0.717) is 14.0 Å². The van der Waals surface area contributed by atoms with Crippen LogP contribution in [0.15, 0.2) is 99.7 Å². The van der Waals surface area contributed by atoms with E-state index in [-0.39, 0.29) is 7.53 Å². The van der Waals surface area contributed by atoms with Crippen LogP contribution in [0.2, 0.25) is 0 Å². The van der Waals surface area contributed by atoms with E-state index in [1.165, 1.54) is 165 Å². The fraction of sp³-hybridized carbons (Fsp3) is 0.600. The third kappa shape index (κ3) is 13.5. The van der Waals surface area contributed by atoms with Crippen LogP contribution in [0.3, 0.4) is 0 Å². The molecule has 8 heterocycles. The van der Waals surface area contributed by atoms with Crippen LogP contribution in [0.5, 0.6) is 0 Å². The predicted octanol–water partition coefficient (Wildman–Crippen LogP) is 16.7. The molecule has 4 aromatic rings. The van der Waals surface area contributed by atoms with Crippen molar-refractivity contribution in [1.29, 1.82) is 0 Å². The van der Waals surface area contributed by atoms with Crippen LogP contribution in [0, 0.1) is 23.7 Å². The number of furan rings is 1. The standard InChI is InChI=1S/C8H11N.C8H13N.C8H11P.C8H13P.C7H8O.C7H10O.C7H8S.C7H10S/c1-9-5-7-3-2-4-8(7)6-9;1-9-6-5-7-3-2-4-8(7)9;1-9-5-7-3-2-4-8(7)6-9;1-9-6-5-7-3-2-4-8(7)9;1-2-6-4-8-5-7(6)3-1;1-2-6-4-5-8-7(6)3-1;1-2-6-4-8-5-7(6)3-1;1-2-6-4-5-8-7(6)3-1/h5-6H,2-4H2,1H3;5-8H,2-4H2,1H3;5-6H,2-4H2,1H3;5-8H,2-4H2,1H3;4-5H,1-3H2;4-7H,1-3H2;4-5H,1-3H2;4-7H,1-3H2. The second-order valence-corrected chi connectivity index (χ2v) is 27.8. The highest BCUT2D eigenvalue weighted by Crippen LogP contribution is 2.55. The van der Waals surface area contributed by atoms with Gasteiger partial charge in [0.05, 0.1) is 18.8 Å². The number of nitrogens with zero attached hydrogens (tertiary/aromatic N) is 2. The third-order valence-electron chi connectivity index (χ3n) is 16.9. The Labute approximate surface area is 422 Å². The number of hydrogen-bond acceptors (Lipinski definition) is 5. The second kappa shape index (κ2) is 25.2. The molecule has 9 unspecified atom stereocenters. The molecule has 9 atom stereocenters. The first-order valence-electron chi connectivity index (χ1n) is 27.1. The molecule has 12 aliphatic rings. The van der Waals surface area contributed by atoms with Crippen LogP contribution in [0.4, 0.5) is 0 Å². The normalized spacial score (nSPS) is 29.8. The van der Waals surface area contributed by atoms with Gasteiger partial charge < -0.3 is 18.6 Å². The van der Waals surface area contributed by atoms with Crippen molar-refractivity contribution in [2.75, 3.05) is 13.7 Å². The van der Waals surface area contributed by atoms with Crippen molar-refractivity contribution in [3.05, 3.63) is 140 Å². The van der Waals surface area contributed by atoms with Gasteiger partial charge in [-0.15, -0.1) is 19.3 Å². The maximum Gasteiger partial charge on any atom is 0.104 e. The number of aromatic nitrogens is 1. The van der Waals surface area contributed by atoms with Crippen molar-refractivity contribution in [3.8, 4) is 0 Å². The molecule has 16 rings (SSSR count). The number of allylic oxidation sites excluding steroid dienone is 2. The molecule has 0 aromatic carbocycles. The highest BCUT2D eigenvalue weighted by molar-refractivity contribution is 8.03. The largest absolute Gasteiger partial charge is 0.498 e. The number of aryl methyl sites for hydroxylation is 10. The summed E-state index contributed by atoms with van der Waals surface area (Å²) in [4.78, 5) is 2.36. The molecule has 4 nitrogen and oxygen atoms in total. The van der Waals surface area contributed by atoms with Crippen molar-refractivity contribution in [2.45, 2.75) is 177 Å². The average Bonchev–Trinajstić information content (AvgIpc) is 4.12. The van der Waals surface area contributed by atoms with Gasteiger partial charge in [0, 0.05) is 43.7 Å². The second-order valence-electron chi connectivity index (χ2n) is 21.7. The summed E-state index contributed by atoms with van der Waals surface area (Å²) in [5.41, 5.74) is 13.6. The van der Waals surface area contributed by atoms with Gasteiger partial charge in [0.25, 0.3) is 0 Å². The van der Waals surface area contributed by atoms with Gasteiger partial charge >= 0.3 is 0 Å². The zero-order chi connectivity index (χ0) is 46.7. The van der Waals surface area contributed by atoms with E-state index >= 15 is 0 Å². The van der Waals surface area contributed by atoms with Crippen LogP contribution in [0.1, 0.15) is 147 Å². The Hall–Kier alpha value is -2.62. The lowest BCUT2D eigenvalue weighted by Gasteiger charge is -2.19. The molecule has 4 aliphatic heterocycles. The minimum Gasteiger partial charge on any atom is -0.498 e. The Morgan fingerprint density at radius 3 is 1.79 bits per heavy atom. The van der Waals surface area contributed by atoms with E-state index in [1.807, 2.05) is 41.9 Å². The van der Waals surface area contributed by atoms with Crippen molar-refractivity contribution < 1.29 is 9.15 Å². The fourth-order valence-electron chi connectivity index (χ4n) is 13.0. The monoisotopic (exact) mass is 991 g/mol. The van der Waals surface area contributed by atoms with Crippen molar-refractivity contribution in [1.82, 2.24) is 9.47 Å². The van der Waals surface area contributed by atoms with E-state index in [0.717, 1.165) is 40.6 Å². The summed E-state index contributed by atoms with van der Waals surface area (Å²) in [6.45, 7) is 4.75. The molecule has 68 heavy (non-hydrogen) atoms. The zero-order valence-electron chi connectivity index (χ0n) is 42.2. The molecule has 4 aromatic heterocycles. The molecule has 4 saturated carbocycles. The lowest BCUT2D eigenvalue weighted by atomic mass is 10.1. The van der Waals surface area contributed by atoms with E-state index in [2.05, 4.69) is 113 Å². The molecule has 0 saturated heterocycles. The van der Waals surface area contributed by atoms with Crippen LogP contribution in [-0.2, 0) is 69.8 Å². The SMILES string of the molecule is C1=CC2CCCC2O1.C1=CC2CCCC2S1.CN1C=CC2CCCC21.CP1C=CC2CCCC21.Cn1cc2c(c1)CCC2.Cp1cc2c(c1)CCC2.c1occ2c1CCC2.c1scc2c1CCC2. The molecule has 368 valence electrons. The smallest absolute Gasteiger partial charge is 0.104 e. The topological polar surface area (TPSA) is 30.5 Å². The number of thiophene rings is 1. The Morgan fingerprint density at radius 1 is 0.544 bits per heavy atom. The molecular formula is C60H84N2O2P2S2. The Morgan fingerprint density at radius 2 is 1.13 bits per heavy atom. The van der Waals surface area contributed by atoms with Gasteiger partial charge in [0.2, 0.25) is 0 Å². The summed E-state index contributed by atoms with van der Waals surface area (Å²) >= 11 is 3.87. The van der Waals surface area contributed by atoms with Crippen molar-refractivity contribution in [3.63, 3.8) is 0 Å². The van der Waals surface area contributed by atoms with Gasteiger partial charge in [0.15, 0.2) is 0 Å². The molecule has 8 aliphatic carbocycles. The number of fused-ring (bicyclic) bond motifs is 8. The fourth-order valence-corrected chi connectivity index (χ4v) is 19.0. The summed E-state index contributed by atoms with van der Waals surface area (Å²) in [6.07, 6.45) is 55.3. The van der Waals surface area contributed by atoms with Gasteiger partial charge in [-0.2, -0.15) is 11.3 Å². The minimum absolute atomic E-state index is 0.178. The summed E-state index contributed by atoms with van der Waals surface area (Å²) in [6, 6.07) is 0.866. The predicted molar refractivity (Wildman–Crippen MR) is 297 cm³/mol. The summed E-state index contributed by atoms with van der Waals surface area (Å²) < 4.78 is 12.4. The summed E-state index contributed by atoms with van der Waals surface area (Å²) in [5, 5.41) is 7.81. The maximum atomic E-state index is 5.30. The third-order valence-corrected chi connectivity index (χ3v) is 22.8. The summed E-state index contributed by atoms with van der Waals surface area (Å²) in [7, 11) is 4.77. The number of ether oxygens (including phenoxy) is 1. The van der Waals surface area contributed by atoms with E-state index in [9.17, 15) is 0 Å². The van der Waals surface area contributed by atoms with Crippen LogP contribution in [0.25, 0.3) is 0 Å². The molecule has 0 N–H and O–H groups in total. The van der Waals surface area contributed by atoms with Gasteiger partial charge in [-0.05, 0) is 256 Å². The molecule has 0 amide bonds. The maximum absolute atomic E-state index is 5.30. The molecule has 0 bridgehead atoms. The van der Waals surface area contributed by atoms with Gasteiger partial charge in [-0.25, -0.2) is 0 Å². The molecule has 8 heteroatoms. The van der Waals surface area contributed by atoms with Crippen molar-refractivity contribution >= 4 is 38.6 Å². The number of hydrogen-bond donors (Lipinski definition) is 0. The van der Waals surface area contributed by atoms with E-state index in [1.54, 1.807) is 33.4 Å². The molecule has 0 spiro atoms. The number of thioether (sulfide) groups is 1. The quantitative estimate of drug-likeness (QED) is 0.164. The zero-order valence-corrected chi connectivity index (χ0v) is 45.7. The molecule has 4 fully saturated rings. The first-order chi connectivity index (χ1) is 33.3. The van der Waals surface area contributed by atoms with Gasteiger partial charge in [-0.3, -0.25) is 0 Å². The highest BCUT2D eigenvalue weighted by Gasteiger charge is 2.33. The Bertz CT molecular complexity index is 2050. The highest BCUT2D eigenvalue weighted by atomic mass is 32.2. The summed E-state index contributed by atoms with van der Waals surface area (Å²) in [5.74, 6) is 11.0. The minimum atomic E-state index is 0.178. The van der Waals surface area contributed by atoms with Crippen molar-refractivity contribution in [2.24, 2.45) is 37.4 Å². The van der Waals surface area contributed by atoms with Gasteiger partial charge in [0.1, 0.15) is 6.10 Å². The van der Waals surface area contributed by atoms with Crippen LogP contribution < -0.4 is 0 Å². The average molecular weight is 991 g/mol. The lowest BCUT2D eigenvalue weighted by molar-refractivity contribution is 0.153. The Kier molecular flexibility index (Phi) is 18.6. The Balaban J connectivity index is 0.0000000971. The van der Waals surface area contributed by atoms with E-state index < -0.39 is 0 Å². The molecular weight excluding hydrogens is 907 g/mol. The van der Waals surface area contributed by atoms with Gasteiger partial charge in [-0.1, -0.05) is 51.2 Å². The molecule has 0 radical (unpaired) electrons. The lowest BCUT2D eigenvalue weighted by Crippen LogP contribution is -2.23. The first-order valence-corrected chi connectivity index (χ1v) is 32.9. The van der Waals surface area contributed by atoms with Crippen LogP contribution >= 0.6 is 38.6 Å².